The summed E-state index contributed by atoms with van der Waals surface area (Å²) in [5.41, 5.74) is 4.78. The Labute approximate surface area is 90.9 Å². The molecule has 0 saturated carbocycles. The molecule has 88 valence electrons. The van der Waals surface area contributed by atoms with Gasteiger partial charge in [-0.2, -0.15) is 0 Å². The molecule has 0 aliphatic heterocycles. The summed E-state index contributed by atoms with van der Waals surface area (Å²) in [6.07, 6.45) is -3.38. The van der Waals surface area contributed by atoms with Crippen LogP contribution in [0.3, 0.4) is 0 Å². The van der Waals surface area contributed by atoms with E-state index in [4.69, 9.17) is 5.73 Å². The molecule has 16 heavy (non-hydrogen) atoms. The minimum absolute atomic E-state index is 0.0600. The van der Waals surface area contributed by atoms with Gasteiger partial charge in [-0.3, -0.25) is 4.79 Å². The summed E-state index contributed by atoms with van der Waals surface area (Å²) < 4.78 is 12.6. The third-order valence-electron chi connectivity index (χ3n) is 2.09. The molecular weight excluding hydrogens is 217 g/mol. The van der Waals surface area contributed by atoms with E-state index < -0.39 is 36.1 Å². The van der Waals surface area contributed by atoms with Gasteiger partial charge in [0, 0.05) is 11.6 Å². The first-order valence-electron chi connectivity index (χ1n) is 4.54. The van der Waals surface area contributed by atoms with Crippen molar-refractivity contribution < 1.29 is 24.5 Å². The molecule has 5 nitrogen and oxygen atoms in total. The summed E-state index contributed by atoms with van der Waals surface area (Å²) in [7, 11) is 0. The maximum Gasteiger partial charge on any atom is 0.220 e. The quantitative estimate of drug-likeness (QED) is 0.574. The molecule has 1 rings (SSSR count). The van der Waals surface area contributed by atoms with E-state index in [-0.39, 0.29) is 5.56 Å². The molecule has 0 aromatic heterocycles. The largest absolute Gasteiger partial charge is 0.507 e. The number of hydrogen-bond donors (Lipinski definition) is 4. The Morgan fingerprint density at radius 2 is 2.06 bits per heavy atom. The highest BCUT2D eigenvalue weighted by Gasteiger charge is 2.22. The van der Waals surface area contributed by atoms with Crippen LogP contribution in [0.4, 0.5) is 4.39 Å². The number of phenols is 1. The van der Waals surface area contributed by atoms with Crippen LogP contribution in [-0.2, 0) is 4.79 Å². The first-order chi connectivity index (χ1) is 7.41. The lowest BCUT2D eigenvalue weighted by Crippen LogP contribution is -2.25. The Hall–Kier alpha value is -1.66. The van der Waals surface area contributed by atoms with Crippen LogP contribution < -0.4 is 5.73 Å². The number of carbonyl (C=O) groups is 1. The number of benzene rings is 1. The summed E-state index contributed by atoms with van der Waals surface area (Å²) in [6, 6.07) is 2.95. The average molecular weight is 229 g/mol. The molecule has 0 bridgehead atoms. The lowest BCUT2D eigenvalue weighted by Gasteiger charge is -2.17. The van der Waals surface area contributed by atoms with Crippen LogP contribution in [0, 0.1) is 5.82 Å². The Morgan fingerprint density at radius 3 is 2.56 bits per heavy atom. The van der Waals surface area contributed by atoms with E-state index >= 15 is 0 Å². The van der Waals surface area contributed by atoms with Crippen molar-refractivity contribution in [2.24, 2.45) is 5.73 Å². The van der Waals surface area contributed by atoms with Crippen LogP contribution in [0.25, 0.3) is 0 Å². The van der Waals surface area contributed by atoms with Crippen LogP contribution in [0.1, 0.15) is 18.1 Å². The molecule has 0 aliphatic carbocycles. The molecule has 0 spiro atoms. The van der Waals surface area contributed by atoms with Crippen molar-refractivity contribution in [2.75, 3.05) is 0 Å². The van der Waals surface area contributed by atoms with Crippen LogP contribution in [0.15, 0.2) is 18.2 Å². The van der Waals surface area contributed by atoms with Crippen LogP contribution in [0.2, 0.25) is 0 Å². The van der Waals surface area contributed by atoms with Crippen molar-refractivity contribution in [3.8, 4) is 5.75 Å². The van der Waals surface area contributed by atoms with Crippen molar-refractivity contribution in [1.82, 2.24) is 0 Å². The SMILES string of the molecule is NC(=O)CC(O)C(O)c1ccc(F)cc1O. The summed E-state index contributed by atoms with van der Waals surface area (Å²) >= 11 is 0. The topological polar surface area (TPSA) is 104 Å². The van der Waals surface area contributed by atoms with Gasteiger partial charge in [0.1, 0.15) is 17.7 Å². The lowest BCUT2D eigenvalue weighted by atomic mass is 10.0. The fourth-order valence-electron chi connectivity index (χ4n) is 1.29. The van der Waals surface area contributed by atoms with Gasteiger partial charge in [0.05, 0.1) is 12.5 Å². The van der Waals surface area contributed by atoms with Crippen molar-refractivity contribution >= 4 is 5.91 Å². The fourth-order valence-corrected chi connectivity index (χ4v) is 1.29. The standard InChI is InChI=1S/C10H12FNO4/c11-5-1-2-6(7(13)3-5)10(16)8(14)4-9(12)15/h1-3,8,10,13-14,16H,4H2,(H2,12,15). The fraction of sp³-hybridized carbons (Fsp3) is 0.300. The summed E-state index contributed by atoms with van der Waals surface area (Å²) in [6.45, 7) is 0. The Morgan fingerprint density at radius 1 is 1.44 bits per heavy atom. The van der Waals surface area contributed by atoms with Crippen LogP contribution in [0.5, 0.6) is 5.75 Å². The van der Waals surface area contributed by atoms with E-state index in [9.17, 15) is 24.5 Å². The molecule has 1 aromatic rings. The Bertz CT molecular complexity index is 396. The second kappa shape index (κ2) is 4.91. The zero-order valence-electron chi connectivity index (χ0n) is 8.30. The number of aromatic hydroxyl groups is 1. The molecule has 0 heterocycles. The Kier molecular flexibility index (Phi) is 3.81. The van der Waals surface area contributed by atoms with E-state index in [0.29, 0.717) is 0 Å². The van der Waals surface area contributed by atoms with Gasteiger partial charge in [-0.1, -0.05) is 0 Å². The van der Waals surface area contributed by atoms with Crippen molar-refractivity contribution in [3.05, 3.63) is 29.6 Å². The lowest BCUT2D eigenvalue weighted by molar-refractivity contribution is -0.121. The zero-order valence-corrected chi connectivity index (χ0v) is 8.30. The van der Waals surface area contributed by atoms with Gasteiger partial charge in [0.2, 0.25) is 5.91 Å². The smallest absolute Gasteiger partial charge is 0.220 e. The number of rotatable bonds is 4. The van der Waals surface area contributed by atoms with Gasteiger partial charge in [0.15, 0.2) is 0 Å². The van der Waals surface area contributed by atoms with Gasteiger partial charge in [-0.15, -0.1) is 0 Å². The van der Waals surface area contributed by atoms with Crippen molar-refractivity contribution in [1.29, 1.82) is 0 Å². The third kappa shape index (κ3) is 2.91. The first kappa shape index (κ1) is 12.4. The molecule has 6 heteroatoms. The van der Waals surface area contributed by atoms with Gasteiger partial charge in [-0.25, -0.2) is 4.39 Å². The molecule has 2 unspecified atom stereocenters. The number of phenolic OH excluding ortho intramolecular Hbond substituents is 1. The summed E-state index contributed by atoms with van der Waals surface area (Å²) in [4.78, 5) is 10.5. The predicted molar refractivity (Wildman–Crippen MR) is 52.8 cm³/mol. The van der Waals surface area contributed by atoms with Gasteiger partial charge < -0.3 is 21.1 Å². The number of aliphatic hydroxyl groups is 2. The maximum absolute atomic E-state index is 12.6. The number of primary amides is 1. The second-order valence-corrected chi connectivity index (χ2v) is 3.39. The van der Waals surface area contributed by atoms with Crippen LogP contribution in [-0.4, -0.2) is 27.3 Å². The van der Waals surface area contributed by atoms with E-state index in [2.05, 4.69) is 0 Å². The minimum Gasteiger partial charge on any atom is -0.507 e. The highest BCUT2D eigenvalue weighted by Crippen LogP contribution is 2.27. The van der Waals surface area contributed by atoms with Crippen molar-refractivity contribution in [2.45, 2.75) is 18.6 Å². The first-order valence-corrected chi connectivity index (χ1v) is 4.54. The summed E-state index contributed by atoms with van der Waals surface area (Å²) in [5.74, 6) is -1.94. The normalized spacial score (nSPS) is 14.4. The molecule has 1 aromatic carbocycles. The third-order valence-corrected chi connectivity index (χ3v) is 2.09. The molecule has 0 radical (unpaired) electrons. The van der Waals surface area contributed by atoms with E-state index in [0.717, 1.165) is 18.2 Å². The monoisotopic (exact) mass is 229 g/mol. The van der Waals surface area contributed by atoms with Gasteiger partial charge in [-0.05, 0) is 12.1 Å². The van der Waals surface area contributed by atoms with Gasteiger partial charge >= 0.3 is 0 Å². The van der Waals surface area contributed by atoms with E-state index in [1.54, 1.807) is 0 Å². The maximum atomic E-state index is 12.6. The molecule has 5 N–H and O–H groups in total. The highest BCUT2D eigenvalue weighted by molar-refractivity contribution is 5.74. The van der Waals surface area contributed by atoms with Crippen molar-refractivity contribution in [3.63, 3.8) is 0 Å². The number of nitrogens with two attached hydrogens (primary N) is 1. The van der Waals surface area contributed by atoms with Gasteiger partial charge in [0.25, 0.3) is 0 Å². The molecule has 1 amide bonds. The Balaban J connectivity index is 2.87. The second-order valence-electron chi connectivity index (χ2n) is 3.39. The number of carbonyl (C=O) groups excluding carboxylic acids is 1. The number of halogens is 1. The van der Waals surface area contributed by atoms with E-state index in [1.165, 1.54) is 0 Å². The molecule has 0 fully saturated rings. The minimum atomic E-state index is -1.49. The molecular formula is C10H12FNO4. The molecule has 0 aliphatic rings. The predicted octanol–water partition coefficient (Wildman–Crippen LogP) is -0.199. The number of amides is 1. The zero-order chi connectivity index (χ0) is 12.3. The van der Waals surface area contributed by atoms with E-state index in [1.807, 2.05) is 0 Å². The number of hydrogen-bond acceptors (Lipinski definition) is 4. The highest BCUT2D eigenvalue weighted by atomic mass is 19.1. The average Bonchev–Trinajstić information content (AvgIpc) is 2.15. The molecule has 0 saturated heterocycles. The van der Waals surface area contributed by atoms with Crippen LogP contribution >= 0.6 is 0 Å². The number of aliphatic hydroxyl groups excluding tert-OH is 2. The summed E-state index contributed by atoms with van der Waals surface area (Å²) in [5, 5.41) is 28.3. The molecule has 2 atom stereocenters.